The van der Waals surface area contributed by atoms with Crippen molar-refractivity contribution in [3.8, 4) is 0 Å². The van der Waals surface area contributed by atoms with Gasteiger partial charge in [-0.25, -0.2) is 4.98 Å². The zero-order valence-electron chi connectivity index (χ0n) is 11.8. The second kappa shape index (κ2) is 7.09. The Kier molecular flexibility index (Phi) is 5.75. The molecule has 0 radical (unpaired) electrons. The monoisotopic (exact) mass is 249 g/mol. The topological polar surface area (TPSA) is 54.4 Å². The largest absolute Gasteiger partial charge is 0.370 e. The maximum atomic E-state index is 10.7. The van der Waals surface area contributed by atoms with E-state index in [1.165, 1.54) is 19.3 Å². The van der Waals surface area contributed by atoms with Gasteiger partial charge in [0.2, 0.25) is 0 Å². The summed E-state index contributed by atoms with van der Waals surface area (Å²) in [7, 11) is 0. The van der Waals surface area contributed by atoms with Gasteiger partial charge in [0.1, 0.15) is 11.5 Å². The van der Waals surface area contributed by atoms with Crippen molar-refractivity contribution >= 4 is 11.5 Å². The van der Waals surface area contributed by atoms with Gasteiger partial charge in [-0.1, -0.05) is 26.2 Å². The van der Waals surface area contributed by atoms with Gasteiger partial charge < -0.3 is 5.32 Å². The first-order chi connectivity index (χ1) is 8.61. The number of nitroso groups, excluding NO2 is 1. The number of anilines is 1. The first kappa shape index (κ1) is 14.6. The summed E-state index contributed by atoms with van der Waals surface area (Å²) in [6, 6.07) is 0. The molecule has 1 N–H and O–H groups in total. The zero-order valence-corrected chi connectivity index (χ0v) is 11.8. The number of hydrogen-bond donors (Lipinski definition) is 1. The summed E-state index contributed by atoms with van der Waals surface area (Å²) in [5, 5.41) is 6.40. The molecule has 0 bridgehead atoms. The number of aromatic nitrogens is 1. The van der Waals surface area contributed by atoms with Gasteiger partial charge >= 0.3 is 0 Å². The molecular formula is C14H23N3O. The third kappa shape index (κ3) is 3.52. The van der Waals surface area contributed by atoms with E-state index in [-0.39, 0.29) is 0 Å². The third-order valence-electron chi connectivity index (χ3n) is 3.31. The Balaban J connectivity index is 2.69. The van der Waals surface area contributed by atoms with Gasteiger partial charge in [0.05, 0.1) is 5.69 Å². The van der Waals surface area contributed by atoms with Crippen LogP contribution in [0.1, 0.15) is 49.4 Å². The molecular weight excluding hydrogens is 226 g/mol. The Hall–Kier alpha value is -1.45. The molecule has 0 unspecified atom stereocenters. The average molecular weight is 249 g/mol. The standard InChI is InChI=1S/C14H23N3O/c1-5-6-7-8-9-15-14-11(3)10(2)13(17-18)12(4)16-14/h5-9H2,1-4H3,(H,15,16). The molecule has 0 spiro atoms. The highest BCUT2D eigenvalue weighted by Crippen LogP contribution is 2.28. The highest BCUT2D eigenvalue weighted by molar-refractivity contribution is 5.60. The number of rotatable bonds is 7. The molecule has 0 atom stereocenters. The summed E-state index contributed by atoms with van der Waals surface area (Å²) in [6.45, 7) is 8.86. The first-order valence-electron chi connectivity index (χ1n) is 6.66. The fourth-order valence-corrected chi connectivity index (χ4v) is 2.00. The lowest BCUT2D eigenvalue weighted by Crippen LogP contribution is -2.07. The summed E-state index contributed by atoms with van der Waals surface area (Å²) < 4.78 is 0. The van der Waals surface area contributed by atoms with Gasteiger partial charge in [-0.2, -0.15) is 0 Å². The van der Waals surface area contributed by atoms with E-state index in [1.54, 1.807) is 0 Å². The van der Waals surface area contributed by atoms with Gasteiger partial charge in [-0.05, 0) is 43.5 Å². The normalized spacial score (nSPS) is 10.4. The van der Waals surface area contributed by atoms with E-state index in [9.17, 15) is 4.91 Å². The van der Waals surface area contributed by atoms with Crippen molar-refractivity contribution in [2.24, 2.45) is 5.18 Å². The minimum absolute atomic E-state index is 0.476. The van der Waals surface area contributed by atoms with Gasteiger partial charge in [0.15, 0.2) is 0 Å². The molecule has 4 nitrogen and oxygen atoms in total. The lowest BCUT2D eigenvalue weighted by atomic mass is 10.1. The summed E-state index contributed by atoms with van der Waals surface area (Å²) >= 11 is 0. The van der Waals surface area contributed by atoms with Crippen LogP contribution in [0.5, 0.6) is 0 Å². The SMILES string of the molecule is CCCCCCNc1nc(C)c(N=O)c(C)c1C. The van der Waals surface area contributed by atoms with Crippen molar-refractivity contribution in [2.45, 2.75) is 53.4 Å². The Labute approximate surface area is 109 Å². The molecule has 18 heavy (non-hydrogen) atoms. The van der Waals surface area contributed by atoms with E-state index in [0.29, 0.717) is 11.4 Å². The summed E-state index contributed by atoms with van der Waals surface area (Å²) in [5.74, 6) is 0.883. The molecule has 0 aliphatic carbocycles. The average Bonchev–Trinajstić information content (AvgIpc) is 2.35. The van der Waals surface area contributed by atoms with Crippen molar-refractivity contribution in [3.63, 3.8) is 0 Å². The summed E-state index contributed by atoms with van der Waals surface area (Å²) in [6.07, 6.45) is 4.92. The van der Waals surface area contributed by atoms with Crippen LogP contribution in [0.3, 0.4) is 0 Å². The molecule has 1 heterocycles. The molecule has 0 aliphatic heterocycles. The Bertz CT molecular complexity index is 416. The molecule has 1 aromatic heterocycles. The van der Waals surface area contributed by atoms with Crippen molar-refractivity contribution in [2.75, 3.05) is 11.9 Å². The molecule has 4 heteroatoms. The van der Waals surface area contributed by atoms with Crippen LogP contribution in [0, 0.1) is 25.7 Å². The highest BCUT2D eigenvalue weighted by Gasteiger charge is 2.11. The minimum atomic E-state index is 0.476. The van der Waals surface area contributed by atoms with Gasteiger partial charge in [0.25, 0.3) is 0 Å². The minimum Gasteiger partial charge on any atom is -0.370 e. The Morgan fingerprint density at radius 2 is 1.83 bits per heavy atom. The molecule has 1 rings (SSSR count). The molecule has 0 fully saturated rings. The van der Waals surface area contributed by atoms with E-state index in [4.69, 9.17) is 0 Å². The van der Waals surface area contributed by atoms with Crippen LogP contribution in [-0.2, 0) is 0 Å². The number of unbranched alkanes of at least 4 members (excludes halogenated alkanes) is 3. The predicted molar refractivity (Wildman–Crippen MR) is 76.5 cm³/mol. The number of nitrogens with zero attached hydrogens (tertiary/aromatic N) is 2. The van der Waals surface area contributed by atoms with Crippen LogP contribution < -0.4 is 5.32 Å². The lowest BCUT2D eigenvalue weighted by Gasteiger charge is -2.13. The van der Waals surface area contributed by atoms with E-state index >= 15 is 0 Å². The van der Waals surface area contributed by atoms with E-state index < -0.39 is 0 Å². The Morgan fingerprint density at radius 3 is 2.44 bits per heavy atom. The van der Waals surface area contributed by atoms with Crippen LogP contribution in [0.4, 0.5) is 11.5 Å². The molecule has 0 aliphatic rings. The highest BCUT2D eigenvalue weighted by atomic mass is 16.3. The van der Waals surface area contributed by atoms with Crippen molar-refractivity contribution in [1.29, 1.82) is 0 Å². The molecule has 100 valence electrons. The second-order valence-corrected chi connectivity index (χ2v) is 4.72. The van der Waals surface area contributed by atoms with Crippen molar-refractivity contribution < 1.29 is 0 Å². The van der Waals surface area contributed by atoms with Gasteiger partial charge in [0, 0.05) is 6.54 Å². The van der Waals surface area contributed by atoms with E-state index in [1.807, 2.05) is 20.8 Å². The van der Waals surface area contributed by atoms with Crippen LogP contribution in [-0.4, -0.2) is 11.5 Å². The van der Waals surface area contributed by atoms with Crippen LogP contribution in [0.25, 0.3) is 0 Å². The second-order valence-electron chi connectivity index (χ2n) is 4.72. The number of aryl methyl sites for hydroxylation is 1. The Morgan fingerprint density at radius 1 is 1.11 bits per heavy atom. The predicted octanol–water partition coefficient (Wildman–Crippen LogP) is 4.40. The van der Waals surface area contributed by atoms with Crippen molar-refractivity contribution in [3.05, 3.63) is 21.7 Å². The van der Waals surface area contributed by atoms with Crippen LogP contribution >= 0.6 is 0 Å². The number of pyridine rings is 1. The van der Waals surface area contributed by atoms with Gasteiger partial charge in [-0.15, -0.1) is 4.91 Å². The molecule has 0 saturated heterocycles. The summed E-state index contributed by atoms with van der Waals surface area (Å²) in [5.41, 5.74) is 3.12. The van der Waals surface area contributed by atoms with Crippen LogP contribution in [0.15, 0.2) is 5.18 Å². The molecule has 1 aromatic rings. The fourth-order valence-electron chi connectivity index (χ4n) is 2.00. The zero-order chi connectivity index (χ0) is 13.5. The number of hydrogen-bond acceptors (Lipinski definition) is 4. The van der Waals surface area contributed by atoms with Crippen molar-refractivity contribution in [1.82, 2.24) is 4.98 Å². The van der Waals surface area contributed by atoms with E-state index in [2.05, 4.69) is 22.4 Å². The maximum Gasteiger partial charge on any atom is 0.132 e. The maximum absolute atomic E-state index is 10.7. The molecule has 0 aromatic carbocycles. The third-order valence-corrected chi connectivity index (χ3v) is 3.31. The fraction of sp³-hybridized carbons (Fsp3) is 0.643. The molecule has 0 saturated carbocycles. The van der Waals surface area contributed by atoms with Crippen LogP contribution in [0.2, 0.25) is 0 Å². The summed E-state index contributed by atoms with van der Waals surface area (Å²) in [4.78, 5) is 15.2. The number of nitrogens with one attached hydrogen (secondary N) is 1. The van der Waals surface area contributed by atoms with Gasteiger partial charge in [-0.3, -0.25) is 0 Å². The smallest absolute Gasteiger partial charge is 0.132 e. The lowest BCUT2D eigenvalue weighted by molar-refractivity contribution is 0.684. The first-order valence-corrected chi connectivity index (χ1v) is 6.66. The molecule has 0 amide bonds. The quantitative estimate of drug-likeness (QED) is 0.575. The van der Waals surface area contributed by atoms with E-state index in [0.717, 1.165) is 29.9 Å².